The van der Waals surface area contributed by atoms with Crippen LogP contribution in [0.2, 0.25) is 0 Å². The fourth-order valence-corrected chi connectivity index (χ4v) is 2.05. The molecule has 0 saturated carbocycles. The number of carboxylic acids is 1. The third-order valence-electron chi connectivity index (χ3n) is 2.43. The molecule has 3 amide bonds. The number of hydrogen-bond donors (Lipinski definition) is 3. The van der Waals surface area contributed by atoms with Crippen molar-refractivity contribution in [1.82, 2.24) is 10.2 Å². The van der Waals surface area contributed by atoms with Crippen molar-refractivity contribution >= 4 is 29.7 Å². The first-order valence-corrected chi connectivity index (χ1v) is 7.72. The van der Waals surface area contributed by atoms with E-state index in [9.17, 15) is 14.4 Å². The molecular weight excluding hydrogens is 282 g/mol. The highest BCUT2D eigenvalue weighted by molar-refractivity contribution is 7.98. The number of carboxylic acid groups (broad SMARTS) is 1. The van der Waals surface area contributed by atoms with Gasteiger partial charge in [-0.2, -0.15) is 11.8 Å². The minimum Gasteiger partial charge on any atom is -0.480 e. The van der Waals surface area contributed by atoms with E-state index < -0.39 is 23.9 Å². The maximum absolute atomic E-state index is 12.0. The summed E-state index contributed by atoms with van der Waals surface area (Å²) in [7, 11) is 0. The van der Waals surface area contributed by atoms with E-state index in [0.29, 0.717) is 18.7 Å². The minimum atomic E-state index is -1.09. The van der Waals surface area contributed by atoms with Crippen LogP contribution in [-0.4, -0.2) is 59.1 Å². The zero-order valence-corrected chi connectivity index (χ0v) is 12.9. The number of rotatable bonds is 9. The average molecular weight is 305 g/mol. The topological polar surface area (TPSA) is 113 Å². The van der Waals surface area contributed by atoms with Gasteiger partial charge in [-0.1, -0.05) is 13.8 Å². The van der Waals surface area contributed by atoms with Gasteiger partial charge in [0.25, 0.3) is 0 Å². The molecule has 20 heavy (non-hydrogen) atoms. The summed E-state index contributed by atoms with van der Waals surface area (Å²) in [5, 5.41) is 11.5. The Bertz CT molecular complexity index is 350. The van der Waals surface area contributed by atoms with Crippen LogP contribution in [0.4, 0.5) is 4.79 Å². The molecular formula is C12H23N3O4S. The first kappa shape index (κ1) is 18.6. The molecule has 0 heterocycles. The zero-order chi connectivity index (χ0) is 15.7. The van der Waals surface area contributed by atoms with Crippen molar-refractivity contribution in [3.63, 3.8) is 0 Å². The second-order valence-corrected chi connectivity index (χ2v) is 5.85. The summed E-state index contributed by atoms with van der Waals surface area (Å²) in [6.07, 6.45) is 2.19. The number of urea groups is 1. The molecule has 0 radical (unpaired) electrons. The van der Waals surface area contributed by atoms with Crippen molar-refractivity contribution in [3.8, 4) is 0 Å². The largest absolute Gasteiger partial charge is 0.480 e. The predicted molar refractivity (Wildman–Crippen MR) is 78.6 cm³/mol. The monoisotopic (exact) mass is 305 g/mol. The van der Waals surface area contributed by atoms with Gasteiger partial charge in [-0.3, -0.25) is 4.79 Å². The van der Waals surface area contributed by atoms with Crippen LogP contribution >= 0.6 is 11.8 Å². The summed E-state index contributed by atoms with van der Waals surface area (Å²) in [6, 6.07) is -1.54. The number of aliphatic carboxylic acids is 1. The minimum absolute atomic E-state index is 0.148. The van der Waals surface area contributed by atoms with Crippen molar-refractivity contribution in [2.24, 2.45) is 11.7 Å². The van der Waals surface area contributed by atoms with Crippen LogP contribution in [0.3, 0.4) is 0 Å². The summed E-state index contributed by atoms with van der Waals surface area (Å²) < 4.78 is 0. The molecule has 7 nitrogen and oxygen atoms in total. The van der Waals surface area contributed by atoms with Gasteiger partial charge < -0.3 is 21.1 Å². The molecule has 0 fully saturated rings. The van der Waals surface area contributed by atoms with Gasteiger partial charge in [0.15, 0.2) is 0 Å². The lowest BCUT2D eigenvalue weighted by molar-refractivity contribution is -0.139. The maximum atomic E-state index is 12.0. The van der Waals surface area contributed by atoms with Crippen molar-refractivity contribution in [3.05, 3.63) is 0 Å². The number of primary amides is 1. The summed E-state index contributed by atoms with van der Waals surface area (Å²) in [5.74, 6) is -0.945. The summed E-state index contributed by atoms with van der Waals surface area (Å²) in [4.78, 5) is 35.3. The fourth-order valence-electron chi connectivity index (χ4n) is 1.58. The van der Waals surface area contributed by atoms with E-state index in [1.165, 1.54) is 16.7 Å². The fraction of sp³-hybridized carbons (Fsp3) is 0.750. The van der Waals surface area contributed by atoms with Crippen molar-refractivity contribution in [2.75, 3.05) is 25.1 Å². The third kappa shape index (κ3) is 7.88. The Morgan fingerprint density at radius 3 is 2.35 bits per heavy atom. The maximum Gasteiger partial charge on any atom is 0.326 e. The number of carbonyl (C=O) groups is 3. The molecule has 8 heteroatoms. The quantitative estimate of drug-likeness (QED) is 0.569. The van der Waals surface area contributed by atoms with Crippen molar-refractivity contribution < 1.29 is 19.5 Å². The Hall–Kier alpha value is -1.44. The van der Waals surface area contributed by atoms with Gasteiger partial charge in [0.2, 0.25) is 5.91 Å². The Balaban J connectivity index is 4.68. The standard InChI is InChI=1S/C12H23N3O4S/c1-8(2)6-15(7-10(13)16)12(19)14-9(11(17)18)4-5-20-3/h8-9H,4-7H2,1-3H3,(H2,13,16)(H,14,19)(H,17,18). The lowest BCUT2D eigenvalue weighted by Gasteiger charge is -2.25. The Labute approximate surface area is 123 Å². The lowest BCUT2D eigenvalue weighted by Crippen LogP contribution is -2.51. The Kier molecular flexibility index (Phi) is 8.78. The predicted octanol–water partition coefficient (Wildman–Crippen LogP) is 0.346. The van der Waals surface area contributed by atoms with Gasteiger partial charge in [0, 0.05) is 6.54 Å². The second kappa shape index (κ2) is 9.46. The van der Waals surface area contributed by atoms with Crippen LogP contribution in [0.5, 0.6) is 0 Å². The number of nitrogens with zero attached hydrogens (tertiary/aromatic N) is 1. The summed E-state index contributed by atoms with van der Waals surface area (Å²) in [6.45, 7) is 3.90. The molecule has 1 atom stereocenters. The third-order valence-corrected chi connectivity index (χ3v) is 3.07. The highest BCUT2D eigenvalue weighted by atomic mass is 32.2. The van der Waals surface area contributed by atoms with Crippen molar-refractivity contribution in [1.29, 1.82) is 0 Å². The smallest absolute Gasteiger partial charge is 0.326 e. The van der Waals surface area contributed by atoms with E-state index in [4.69, 9.17) is 10.8 Å². The highest BCUT2D eigenvalue weighted by Gasteiger charge is 2.24. The SMILES string of the molecule is CSCCC(NC(=O)N(CC(N)=O)CC(C)C)C(=O)O. The molecule has 0 aliphatic rings. The Morgan fingerprint density at radius 1 is 1.35 bits per heavy atom. The van der Waals surface area contributed by atoms with E-state index >= 15 is 0 Å². The van der Waals surface area contributed by atoms with Crippen LogP contribution in [-0.2, 0) is 9.59 Å². The normalized spacial score (nSPS) is 12.0. The number of nitrogens with two attached hydrogens (primary N) is 1. The van der Waals surface area contributed by atoms with E-state index in [0.717, 1.165) is 0 Å². The molecule has 0 aliphatic heterocycles. The molecule has 0 spiro atoms. The first-order valence-electron chi connectivity index (χ1n) is 6.33. The highest BCUT2D eigenvalue weighted by Crippen LogP contribution is 2.04. The van der Waals surface area contributed by atoms with Gasteiger partial charge in [-0.15, -0.1) is 0 Å². The van der Waals surface area contributed by atoms with E-state index in [1.54, 1.807) is 0 Å². The second-order valence-electron chi connectivity index (χ2n) is 4.86. The molecule has 116 valence electrons. The van der Waals surface area contributed by atoms with Gasteiger partial charge in [0.05, 0.1) is 0 Å². The lowest BCUT2D eigenvalue weighted by atomic mass is 10.2. The zero-order valence-electron chi connectivity index (χ0n) is 12.1. The molecule has 0 aromatic rings. The number of nitrogens with one attached hydrogen (secondary N) is 1. The van der Waals surface area contributed by atoms with Gasteiger partial charge >= 0.3 is 12.0 Å². The molecule has 0 aromatic carbocycles. The average Bonchev–Trinajstić information content (AvgIpc) is 2.31. The number of carbonyl (C=O) groups excluding carboxylic acids is 2. The van der Waals surface area contributed by atoms with Crippen LogP contribution in [0.25, 0.3) is 0 Å². The van der Waals surface area contributed by atoms with Crippen molar-refractivity contribution in [2.45, 2.75) is 26.3 Å². The van der Waals surface area contributed by atoms with E-state index in [-0.39, 0.29) is 12.5 Å². The molecule has 0 rings (SSSR count). The van der Waals surface area contributed by atoms with E-state index in [1.807, 2.05) is 20.1 Å². The first-order chi connectivity index (χ1) is 9.27. The Morgan fingerprint density at radius 2 is 1.95 bits per heavy atom. The molecule has 0 aliphatic carbocycles. The van der Waals surface area contributed by atoms with Crippen LogP contribution < -0.4 is 11.1 Å². The van der Waals surface area contributed by atoms with Crippen LogP contribution in [0.1, 0.15) is 20.3 Å². The number of amides is 3. The number of thioether (sulfide) groups is 1. The molecule has 4 N–H and O–H groups in total. The molecule has 0 bridgehead atoms. The molecule has 0 saturated heterocycles. The van der Waals surface area contributed by atoms with Crippen LogP contribution in [0.15, 0.2) is 0 Å². The molecule has 0 aromatic heterocycles. The summed E-state index contributed by atoms with van der Waals surface area (Å²) in [5.41, 5.74) is 5.10. The molecule has 1 unspecified atom stereocenters. The summed E-state index contributed by atoms with van der Waals surface area (Å²) >= 11 is 1.50. The number of hydrogen-bond acceptors (Lipinski definition) is 4. The van der Waals surface area contributed by atoms with E-state index in [2.05, 4.69) is 5.32 Å². The van der Waals surface area contributed by atoms with Crippen LogP contribution in [0, 0.1) is 5.92 Å². The van der Waals surface area contributed by atoms with Gasteiger partial charge in [-0.25, -0.2) is 9.59 Å². The van der Waals surface area contributed by atoms with Gasteiger partial charge in [0.1, 0.15) is 12.6 Å². The van der Waals surface area contributed by atoms with Gasteiger partial charge in [-0.05, 0) is 24.3 Å².